The lowest BCUT2D eigenvalue weighted by molar-refractivity contribution is -0.139. The van der Waals surface area contributed by atoms with Crippen LogP contribution in [0.15, 0.2) is 24.3 Å². The third-order valence-electron chi connectivity index (χ3n) is 5.17. The van der Waals surface area contributed by atoms with Gasteiger partial charge in [0.2, 0.25) is 17.7 Å². The number of halogens is 1. The van der Waals surface area contributed by atoms with Gasteiger partial charge in [0.1, 0.15) is 0 Å². The van der Waals surface area contributed by atoms with Gasteiger partial charge in [-0.25, -0.2) is 0 Å². The molecule has 7 nitrogen and oxygen atoms in total. The van der Waals surface area contributed by atoms with Crippen LogP contribution >= 0.6 is 12.4 Å². The Balaban J connectivity index is 0.00000261. The number of ether oxygens (including phenoxy) is 1. The molecule has 27 heavy (non-hydrogen) atoms. The Bertz CT molecular complexity index is 665. The van der Waals surface area contributed by atoms with Crippen LogP contribution in [0.4, 0.5) is 5.69 Å². The lowest BCUT2D eigenvalue weighted by atomic mass is 9.78. The number of nitrogens with zero attached hydrogens (tertiary/aromatic N) is 1. The summed E-state index contributed by atoms with van der Waals surface area (Å²) in [7, 11) is 1.62. The number of rotatable bonds is 6. The first-order valence-electron chi connectivity index (χ1n) is 8.97. The lowest BCUT2D eigenvalue weighted by Gasteiger charge is -2.35. The molecule has 0 aliphatic carbocycles. The molecule has 1 aromatic rings. The van der Waals surface area contributed by atoms with Gasteiger partial charge in [0, 0.05) is 25.6 Å². The maximum absolute atomic E-state index is 12.8. The summed E-state index contributed by atoms with van der Waals surface area (Å²) in [4.78, 5) is 37.5. The topological polar surface area (TPSA) is 87.7 Å². The minimum Gasteiger partial charge on any atom is -0.384 e. The molecule has 1 aromatic carbocycles. The average Bonchev–Trinajstić information content (AvgIpc) is 2.96. The number of nitrogens with one attached hydrogen (secondary N) is 2. The van der Waals surface area contributed by atoms with Gasteiger partial charge in [0.25, 0.3) is 0 Å². The van der Waals surface area contributed by atoms with Crippen molar-refractivity contribution in [3.63, 3.8) is 0 Å². The summed E-state index contributed by atoms with van der Waals surface area (Å²) in [6.45, 7) is 2.28. The van der Waals surface area contributed by atoms with Crippen molar-refractivity contribution in [3.05, 3.63) is 29.8 Å². The fourth-order valence-corrected chi connectivity index (χ4v) is 3.56. The summed E-state index contributed by atoms with van der Waals surface area (Å²) in [5.74, 6) is -0.280. The minimum absolute atomic E-state index is 0. The highest BCUT2D eigenvalue weighted by atomic mass is 35.5. The molecule has 0 spiro atoms. The first-order chi connectivity index (χ1) is 12.5. The monoisotopic (exact) mass is 395 g/mol. The molecular formula is C19H26ClN3O4. The van der Waals surface area contributed by atoms with Crippen LogP contribution in [0.2, 0.25) is 0 Å². The van der Waals surface area contributed by atoms with Crippen molar-refractivity contribution >= 4 is 35.8 Å². The van der Waals surface area contributed by atoms with Gasteiger partial charge >= 0.3 is 0 Å². The minimum atomic E-state index is -0.507. The second-order valence-corrected chi connectivity index (χ2v) is 6.99. The zero-order chi connectivity index (χ0) is 18.6. The number of anilines is 1. The van der Waals surface area contributed by atoms with Crippen LogP contribution in [0.3, 0.4) is 0 Å². The summed E-state index contributed by atoms with van der Waals surface area (Å²) in [5.41, 5.74) is 1.06. The molecule has 3 rings (SSSR count). The second kappa shape index (κ2) is 9.30. The number of hydrogen-bond donors (Lipinski definition) is 2. The molecule has 0 aromatic heterocycles. The number of methoxy groups -OCH3 is 1. The van der Waals surface area contributed by atoms with Crippen molar-refractivity contribution in [1.82, 2.24) is 10.2 Å². The zero-order valence-electron chi connectivity index (χ0n) is 15.5. The average molecular weight is 396 g/mol. The summed E-state index contributed by atoms with van der Waals surface area (Å²) < 4.78 is 5.30. The Labute approximate surface area is 165 Å². The lowest BCUT2D eigenvalue weighted by Crippen LogP contribution is -2.47. The van der Waals surface area contributed by atoms with Crippen LogP contribution in [0, 0.1) is 5.41 Å². The van der Waals surface area contributed by atoms with E-state index in [0.29, 0.717) is 25.1 Å². The molecule has 2 aliphatic heterocycles. The Kier molecular flexibility index (Phi) is 7.35. The molecule has 3 amide bonds. The van der Waals surface area contributed by atoms with Gasteiger partial charge in [-0.05, 0) is 43.6 Å². The number of amides is 3. The van der Waals surface area contributed by atoms with Crippen LogP contribution in [-0.2, 0) is 25.7 Å². The van der Waals surface area contributed by atoms with E-state index in [1.54, 1.807) is 19.2 Å². The standard InChI is InChI=1S/C19H25N3O4.ClH/c1-26-13-19(8-10-20-11-9-19)18(25)21-15-4-2-14(3-5-15)12-22-16(23)6-7-17(22)24;/h2-5,20H,6-13H2,1H3,(H,21,25);1H. The molecule has 2 N–H and O–H groups in total. The van der Waals surface area contributed by atoms with Crippen LogP contribution in [0.1, 0.15) is 31.2 Å². The number of benzene rings is 1. The van der Waals surface area contributed by atoms with E-state index in [1.165, 1.54) is 4.90 Å². The predicted molar refractivity (Wildman–Crippen MR) is 104 cm³/mol. The van der Waals surface area contributed by atoms with E-state index >= 15 is 0 Å². The van der Waals surface area contributed by atoms with E-state index in [0.717, 1.165) is 31.5 Å². The Morgan fingerprint density at radius 2 is 1.74 bits per heavy atom. The molecule has 148 valence electrons. The molecule has 2 heterocycles. The highest BCUT2D eigenvalue weighted by Crippen LogP contribution is 2.31. The molecule has 0 saturated carbocycles. The van der Waals surface area contributed by atoms with Crippen LogP contribution in [-0.4, -0.2) is 49.4 Å². The number of carbonyl (C=O) groups is 3. The highest BCUT2D eigenvalue weighted by Gasteiger charge is 2.39. The fraction of sp³-hybridized carbons (Fsp3) is 0.526. The van der Waals surface area contributed by atoms with Gasteiger partial charge in [-0.2, -0.15) is 0 Å². The van der Waals surface area contributed by atoms with Crippen LogP contribution in [0.25, 0.3) is 0 Å². The first kappa shape index (κ1) is 21.3. The van der Waals surface area contributed by atoms with E-state index in [9.17, 15) is 14.4 Å². The van der Waals surface area contributed by atoms with Gasteiger partial charge in [-0.15, -0.1) is 12.4 Å². The summed E-state index contributed by atoms with van der Waals surface area (Å²) >= 11 is 0. The van der Waals surface area contributed by atoms with Gasteiger partial charge in [-0.1, -0.05) is 12.1 Å². The van der Waals surface area contributed by atoms with E-state index < -0.39 is 5.41 Å². The smallest absolute Gasteiger partial charge is 0.233 e. The summed E-state index contributed by atoms with van der Waals surface area (Å²) in [6, 6.07) is 7.28. The Morgan fingerprint density at radius 1 is 1.15 bits per heavy atom. The molecule has 2 fully saturated rings. The zero-order valence-corrected chi connectivity index (χ0v) is 16.3. The number of hydrogen-bond acceptors (Lipinski definition) is 5. The maximum atomic E-state index is 12.8. The third kappa shape index (κ3) is 4.86. The predicted octanol–water partition coefficient (Wildman–Crippen LogP) is 1.71. The quantitative estimate of drug-likeness (QED) is 0.716. The SMILES string of the molecule is COCC1(C(=O)Nc2ccc(CN3C(=O)CCC3=O)cc2)CCNCC1.Cl. The Hall–Kier alpha value is -1.96. The maximum Gasteiger partial charge on any atom is 0.233 e. The van der Waals surface area contributed by atoms with Crippen molar-refractivity contribution in [2.24, 2.45) is 5.41 Å². The van der Waals surface area contributed by atoms with Gasteiger partial charge in [0.05, 0.1) is 18.6 Å². The fourth-order valence-electron chi connectivity index (χ4n) is 3.56. The van der Waals surface area contributed by atoms with E-state index in [1.807, 2.05) is 12.1 Å². The van der Waals surface area contributed by atoms with Crippen molar-refractivity contribution in [2.45, 2.75) is 32.2 Å². The van der Waals surface area contributed by atoms with Gasteiger partial charge in [-0.3, -0.25) is 19.3 Å². The molecule has 0 atom stereocenters. The van der Waals surface area contributed by atoms with E-state index in [4.69, 9.17) is 4.74 Å². The number of likely N-dealkylation sites (tertiary alicyclic amines) is 1. The van der Waals surface area contributed by atoms with Crippen molar-refractivity contribution in [2.75, 3.05) is 32.1 Å². The normalized spacial score (nSPS) is 18.9. The molecule has 2 saturated heterocycles. The van der Waals surface area contributed by atoms with E-state index in [2.05, 4.69) is 10.6 Å². The Morgan fingerprint density at radius 3 is 2.30 bits per heavy atom. The number of piperidine rings is 1. The van der Waals surface area contributed by atoms with Gasteiger partial charge < -0.3 is 15.4 Å². The molecular weight excluding hydrogens is 370 g/mol. The van der Waals surface area contributed by atoms with Crippen molar-refractivity contribution in [1.29, 1.82) is 0 Å². The van der Waals surface area contributed by atoms with Crippen LogP contribution in [0.5, 0.6) is 0 Å². The molecule has 0 radical (unpaired) electrons. The largest absolute Gasteiger partial charge is 0.384 e. The van der Waals surface area contributed by atoms with E-state index in [-0.39, 0.29) is 36.7 Å². The van der Waals surface area contributed by atoms with Crippen molar-refractivity contribution < 1.29 is 19.1 Å². The summed E-state index contributed by atoms with van der Waals surface area (Å²) in [6.07, 6.45) is 2.07. The van der Waals surface area contributed by atoms with Crippen LogP contribution < -0.4 is 10.6 Å². The third-order valence-corrected chi connectivity index (χ3v) is 5.17. The number of imide groups is 1. The molecule has 8 heteroatoms. The van der Waals surface area contributed by atoms with Crippen molar-refractivity contribution in [3.8, 4) is 0 Å². The number of carbonyl (C=O) groups excluding carboxylic acids is 3. The second-order valence-electron chi connectivity index (χ2n) is 6.99. The first-order valence-corrected chi connectivity index (χ1v) is 8.97. The molecule has 0 bridgehead atoms. The molecule has 2 aliphatic rings. The molecule has 0 unspecified atom stereocenters. The van der Waals surface area contributed by atoms with Gasteiger partial charge in [0.15, 0.2) is 0 Å². The highest BCUT2D eigenvalue weighted by molar-refractivity contribution is 6.01. The summed E-state index contributed by atoms with van der Waals surface area (Å²) in [5, 5.41) is 6.25.